The van der Waals surface area contributed by atoms with Gasteiger partial charge in [-0.25, -0.2) is 4.98 Å². The molecule has 0 saturated heterocycles. The van der Waals surface area contributed by atoms with Crippen LogP contribution in [0.2, 0.25) is 0 Å². The van der Waals surface area contributed by atoms with Crippen molar-refractivity contribution in [1.82, 2.24) is 15.0 Å². The first kappa shape index (κ1) is 9.90. The molecule has 0 aliphatic rings. The molecule has 2 heterocycles. The molecule has 3 N–H and O–H groups in total. The number of carbonyl (C=O) groups excluding carboxylic acids is 1. The maximum absolute atomic E-state index is 11.5. The van der Waals surface area contributed by atoms with E-state index in [9.17, 15) is 14.9 Å². The summed E-state index contributed by atoms with van der Waals surface area (Å²) in [5.74, 6) is -0.217. The van der Waals surface area contributed by atoms with E-state index in [0.29, 0.717) is 0 Å². The minimum absolute atomic E-state index is 0.100. The molecule has 2 rings (SSSR count). The van der Waals surface area contributed by atoms with Crippen LogP contribution in [0.25, 0.3) is 0 Å². The number of rotatable bonds is 3. The number of aromatic amines is 2. The SMILES string of the molecule is O=C(Nc1ncc[nH]1)c1cc([N+](=O)[O-])c[nH]1. The van der Waals surface area contributed by atoms with Crippen molar-refractivity contribution >= 4 is 17.5 Å². The van der Waals surface area contributed by atoms with Gasteiger partial charge in [-0.05, 0) is 0 Å². The van der Waals surface area contributed by atoms with Crippen molar-refractivity contribution in [2.45, 2.75) is 0 Å². The quantitative estimate of drug-likeness (QED) is 0.527. The number of nitrogens with one attached hydrogen (secondary N) is 3. The summed E-state index contributed by atoms with van der Waals surface area (Å²) in [6.07, 6.45) is 4.18. The van der Waals surface area contributed by atoms with Crippen molar-refractivity contribution in [2.75, 3.05) is 5.32 Å². The lowest BCUT2D eigenvalue weighted by Gasteiger charge is -1.97. The summed E-state index contributed by atoms with van der Waals surface area (Å²) in [6.45, 7) is 0. The van der Waals surface area contributed by atoms with Gasteiger partial charge in [-0.3, -0.25) is 20.2 Å². The highest BCUT2D eigenvalue weighted by atomic mass is 16.6. The molecule has 8 nitrogen and oxygen atoms in total. The molecule has 0 radical (unpaired) electrons. The summed E-state index contributed by atoms with van der Waals surface area (Å²) in [7, 11) is 0. The average Bonchev–Trinajstić information content (AvgIpc) is 2.86. The molecule has 16 heavy (non-hydrogen) atoms. The van der Waals surface area contributed by atoms with Crippen molar-refractivity contribution in [3.63, 3.8) is 0 Å². The van der Waals surface area contributed by atoms with Crippen LogP contribution < -0.4 is 5.32 Å². The molecule has 8 heteroatoms. The number of hydrogen-bond donors (Lipinski definition) is 3. The summed E-state index contributed by atoms with van der Waals surface area (Å²) in [5, 5.41) is 12.8. The monoisotopic (exact) mass is 221 g/mol. The molecule has 1 amide bonds. The van der Waals surface area contributed by atoms with Crippen molar-refractivity contribution < 1.29 is 9.72 Å². The van der Waals surface area contributed by atoms with Gasteiger partial charge in [-0.1, -0.05) is 0 Å². The lowest BCUT2D eigenvalue weighted by molar-refractivity contribution is -0.384. The predicted molar refractivity (Wildman–Crippen MR) is 54.0 cm³/mol. The van der Waals surface area contributed by atoms with E-state index < -0.39 is 10.8 Å². The molecule has 82 valence electrons. The molecular formula is C8H7N5O3. The van der Waals surface area contributed by atoms with Gasteiger partial charge >= 0.3 is 0 Å². The Morgan fingerprint density at radius 3 is 2.88 bits per heavy atom. The number of imidazole rings is 1. The maximum Gasteiger partial charge on any atom is 0.287 e. The van der Waals surface area contributed by atoms with Gasteiger partial charge in [0.1, 0.15) is 5.69 Å². The average molecular weight is 221 g/mol. The molecule has 0 fully saturated rings. The standard InChI is InChI=1S/C8H7N5O3/c14-7(12-8-9-1-2-10-8)6-3-5(4-11-6)13(15)16/h1-4,11H,(H2,9,10,12,14). The summed E-state index contributed by atoms with van der Waals surface area (Å²) in [6, 6.07) is 1.15. The van der Waals surface area contributed by atoms with Crippen molar-refractivity contribution in [1.29, 1.82) is 0 Å². The fraction of sp³-hybridized carbons (Fsp3) is 0. The number of nitro groups is 1. The molecular weight excluding hydrogens is 214 g/mol. The van der Waals surface area contributed by atoms with Gasteiger partial charge in [0.05, 0.1) is 11.1 Å². The smallest absolute Gasteiger partial charge is 0.287 e. The van der Waals surface area contributed by atoms with E-state index in [-0.39, 0.29) is 17.3 Å². The second-order valence-corrected chi connectivity index (χ2v) is 2.92. The molecule has 0 aliphatic heterocycles. The van der Waals surface area contributed by atoms with Crippen LogP contribution >= 0.6 is 0 Å². The Hall–Kier alpha value is -2.64. The van der Waals surface area contributed by atoms with Crippen molar-refractivity contribution in [2.24, 2.45) is 0 Å². The van der Waals surface area contributed by atoms with Gasteiger partial charge in [0.25, 0.3) is 11.6 Å². The van der Waals surface area contributed by atoms with Gasteiger partial charge in [-0.15, -0.1) is 0 Å². The molecule has 2 aromatic heterocycles. The second-order valence-electron chi connectivity index (χ2n) is 2.92. The van der Waals surface area contributed by atoms with Gasteiger partial charge in [-0.2, -0.15) is 0 Å². The fourth-order valence-electron chi connectivity index (χ4n) is 1.13. The van der Waals surface area contributed by atoms with E-state index in [0.717, 1.165) is 12.3 Å². The predicted octanol–water partition coefficient (Wildman–Crippen LogP) is 0.898. The zero-order valence-electron chi connectivity index (χ0n) is 7.93. The first-order valence-electron chi connectivity index (χ1n) is 4.30. The van der Waals surface area contributed by atoms with Crippen LogP contribution in [-0.4, -0.2) is 25.8 Å². The van der Waals surface area contributed by atoms with Gasteiger partial charge < -0.3 is 9.97 Å². The van der Waals surface area contributed by atoms with Crippen molar-refractivity contribution in [3.05, 3.63) is 40.5 Å². The molecule has 0 aromatic carbocycles. The number of anilines is 1. The number of hydrogen-bond acceptors (Lipinski definition) is 4. The van der Waals surface area contributed by atoms with Gasteiger partial charge in [0.15, 0.2) is 0 Å². The number of H-pyrrole nitrogens is 2. The van der Waals surface area contributed by atoms with Gasteiger partial charge in [0.2, 0.25) is 5.95 Å². The minimum atomic E-state index is -0.583. The number of carbonyl (C=O) groups is 1. The third kappa shape index (κ3) is 1.90. The summed E-state index contributed by atoms with van der Waals surface area (Å²) < 4.78 is 0. The summed E-state index contributed by atoms with van der Waals surface area (Å²) >= 11 is 0. The van der Waals surface area contributed by atoms with Crippen LogP contribution in [0.4, 0.5) is 11.6 Å². The van der Waals surface area contributed by atoms with Crippen LogP contribution in [0.5, 0.6) is 0 Å². The van der Waals surface area contributed by atoms with Gasteiger partial charge in [0, 0.05) is 18.5 Å². The molecule has 0 bridgehead atoms. The molecule has 0 saturated carbocycles. The molecule has 0 aliphatic carbocycles. The molecule has 0 spiro atoms. The minimum Gasteiger partial charge on any atom is -0.351 e. The third-order valence-electron chi connectivity index (χ3n) is 1.85. The van der Waals surface area contributed by atoms with E-state index in [1.165, 1.54) is 6.20 Å². The summed E-state index contributed by atoms with van der Waals surface area (Å²) in [5.41, 5.74) is -0.0623. The largest absolute Gasteiger partial charge is 0.351 e. The molecule has 0 unspecified atom stereocenters. The normalized spacial score (nSPS) is 10.0. The number of aromatic nitrogens is 3. The first-order chi connectivity index (χ1) is 7.66. The Kier molecular flexibility index (Phi) is 2.38. The Balaban J connectivity index is 2.12. The van der Waals surface area contributed by atoms with E-state index in [1.54, 1.807) is 6.20 Å². The number of amides is 1. The Bertz CT molecular complexity index is 516. The van der Waals surface area contributed by atoms with Crippen molar-refractivity contribution in [3.8, 4) is 0 Å². The molecule has 2 aromatic rings. The highest BCUT2D eigenvalue weighted by Crippen LogP contribution is 2.12. The van der Waals surface area contributed by atoms with Crippen LogP contribution in [0.1, 0.15) is 10.5 Å². The first-order valence-corrected chi connectivity index (χ1v) is 4.30. The lowest BCUT2D eigenvalue weighted by Crippen LogP contribution is -2.13. The Morgan fingerprint density at radius 2 is 2.31 bits per heavy atom. The second kappa shape index (κ2) is 3.85. The van der Waals surface area contributed by atoms with Crippen LogP contribution in [-0.2, 0) is 0 Å². The Labute approximate surface area is 88.9 Å². The fourth-order valence-corrected chi connectivity index (χ4v) is 1.13. The lowest BCUT2D eigenvalue weighted by atomic mass is 10.4. The maximum atomic E-state index is 11.5. The van der Waals surface area contributed by atoms with Crippen LogP contribution in [0, 0.1) is 10.1 Å². The zero-order chi connectivity index (χ0) is 11.5. The molecule has 0 atom stereocenters. The zero-order valence-corrected chi connectivity index (χ0v) is 7.93. The Morgan fingerprint density at radius 1 is 1.50 bits per heavy atom. The summed E-state index contributed by atoms with van der Waals surface area (Å²) in [4.78, 5) is 30.3. The van der Waals surface area contributed by atoms with E-state index >= 15 is 0 Å². The third-order valence-corrected chi connectivity index (χ3v) is 1.85. The van der Waals surface area contributed by atoms with E-state index in [2.05, 4.69) is 20.3 Å². The van der Waals surface area contributed by atoms with E-state index in [1.807, 2.05) is 0 Å². The highest BCUT2D eigenvalue weighted by Gasteiger charge is 2.14. The highest BCUT2D eigenvalue weighted by molar-refractivity contribution is 6.02. The van der Waals surface area contributed by atoms with E-state index in [4.69, 9.17) is 0 Å². The number of nitrogens with zero attached hydrogens (tertiary/aromatic N) is 2. The topological polar surface area (TPSA) is 117 Å². The van der Waals surface area contributed by atoms with Crippen LogP contribution in [0.3, 0.4) is 0 Å². The van der Waals surface area contributed by atoms with Crippen LogP contribution in [0.15, 0.2) is 24.7 Å².